The topological polar surface area (TPSA) is 59.4 Å². The molecule has 4 nitrogen and oxygen atoms in total. The number of esters is 1. The van der Waals surface area contributed by atoms with Gasteiger partial charge in [-0.1, -0.05) is 38.3 Å². The molecule has 1 atom stereocenters. The number of aliphatic hydroxyl groups excluding tert-OH is 1. The molecule has 0 bridgehead atoms. The molecule has 0 saturated heterocycles. The van der Waals surface area contributed by atoms with Crippen molar-refractivity contribution in [3.8, 4) is 5.75 Å². The van der Waals surface area contributed by atoms with Gasteiger partial charge in [0.25, 0.3) is 0 Å². The number of aliphatic hydroxyl groups is 1. The number of carbonyl (C=O) groups is 1. The number of hydrogen-bond acceptors (Lipinski definition) is 4. The zero-order chi connectivity index (χ0) is 19.1. The van der Waals surface area contributed by atoms with Crippen LogP contribution in [0.15, 0.2) is 30.4 Å². The summed E-state index contributed by atoms with van der Waals surface area (Å²) in [5.74, 6) is -0.698. The van der Waals surface area contributed by atoms with Gasteiger partial charge in [-0.15, -0.1) is 0 Å². The van der Waals surface area contributed by atoms with Crippen LogP contribution in [-0.2, 0) is 4.79 Å². The molecule has 2 aromatic rings. The summed E-state index contributed by atoms with van der Waals surface area (Å²) in [5, 5.41) is 10.9. The molecule has 2 rings (SSSR count). The fraction of sp³-hybridized carbons (Fsp3) is 0.429. The molecule has 1 heterocycles. The van der Waals surface area contributed by atoms with Crippen LogP contribution in [0.1, 0.15) is 63.3 Å². The Labute approximate surface area is 153 Å². The molecular formula is C21H26FNO3. The average Bonchev–Trinajstić information content (AvgIpc) is 2.60. The summed E-state index contributed by atoms with van der Waals surface area (Å²) in [6.45, 7) is 5.17. The highest BCUT2D eigenvalue weighted by Crippen LogP contribution is 2.34. The number of carbonyl (C=O) groups excluding carboxylic acids is 1. The molecule has 0 aliphatic carbocycles. The van der Waals surface area contributed by atoms with Crippen molar-refractivity contribution in [2.45, 2.75) is 59.0 Å². The molecular weight excluding hydrogens is 333 g/mol. The molecule has 5 heteroatoms. The van der Waals surface area contributed by atoms with Gasteiger partial charge in [-0.3, -0.25) is 4.79 Å². The minimum Gasteiger partial charge on any atom is -0.426 e. The first-order valence-electron chi connectivity index (χ1n) is 9.07. The van der Waals surface area contributed by atoms with Gasteiger partial charge in [0.15, 0.2) is 0 Å². The highest BCUT2D eigenvalue weighted by Gasteiger charge is 2.19. The zero-order valence-corrected chi connectivity index (χ0v) is 15.6. The SMILES string of the molecule is CCCCCCC=CC(O)c1nc2ccc(F)cc2c(OC(C)=O)c1C. The van der Waals surface area contributed by atoms with E-state index < -0.39 is 17.9 Å². The first kappa shape index (κ1) is 20.0. The maximum absolute atomic E-state index is 13.6. The lowest BCUT2D eigenvalue weighted by molar-refractivity contribution is -0.131. The van der Waals surface area contributed by atoms with E-state index in [0.29, 0.717) is 22.2 Å². The number of allylic oxidation sites excluding steroid dienone is 1. The van der Waals surface area contributed by atoms with Crippen LogP contribution in [0, 0.1) is 12.7 Å². The Balaban J connectivity index is 2.31. The van der Waals surface area contributed by atoms with Crippen molar-refractivity contribution in [2.75, 3.05) is 0 Å². The van der Waals surface area contributed by atoms with Crippen LogP contribution in [0.3, 0.4) is 0 Å². The summed E-state index contributed by atoms with van der Waals surface area (Å²) in [6, 6.07) is 4.09. The van der Waals surface area contributed by atoms with Crippen molar-refractivity contribution in [3.05, 3.63) is 47.4 Å². The number of nitrogens with zero attached hydrogens (tertiary/aromatic N) is 1. The van der Waals surface area contributed by atoms with Gasteiger partial charge in [0.05, 0.1) is 11.2 Å². The fourth-order valence-corrected chi connectivity index (χ4v) is 2.89. The average molecular weight is 359 g/mol. The largest absolute Gasteiger partial charge is 0.426 e. The summed E-state index contributed by atoms with van der Waals surface area (Å²) < 4.78 is 18.9. The molecule has 140 valence electrons. The van der Waals surface area contributed by atoms with E-state index in [1.54, 1.807) is 13.0 Å². The monoisotopic (exact) mass is 359 g/mol. The Kier molecular flexibility index (Phi) is 7.27. The van der Waals surface area contributed by atoms with E-state index in [-0.39, 0.29) is 5.75 Å². The summed E-state index contributed by atoms with van der Waals surface area (Å²) in [6.07, 6.45) is 8.29. The minimum atomic E-state index is -0.912. The normalized spacial score (nSPS) is 12.7. The van der Waals surface area contributed by atoms with Crippen molar-refractivity contribution in [2.24, 2.45) is 0 Å². The van der Waals surface area contributed by atoms with Crippen LogP contribution in [0.4, 0.5) is 4.39 Å². The molecule has 1 aromatic carbocycles. The molecule has 0 saturated carbocycles. The second-order valence-electron chi connectivity index (χ2n) is 6.43. The first-order chi connectivity index (χ1) is 12.4. The maximum Gasteiger partial charge on any atom is 0.308 e. The van der Waals surface area contributed by atoms with Gasteiger partial charge in [0, 0.05) is 17.9 Å². The van der Waals surface area contributed by atoms with E-state index in [1.807, 2.05) is 6.08 Å². The summed E-state index contributed by atoms with van der Waals surface area (Å²) in [7, 11) is 0. The zero-order valence-electron chi connectivity index (χ0n) is 15.6. The lowest BCUT2D eigenvalue weighted by Crippen LogP contribution is -2.08. The third kappa shape index (κ3) is 5.11. The number of hydrogen-bond donors (Lipinski definition) is 1. The molecule has 1 unspecified atom stereocenters. The van der Waals surface area contributed by atoms with Gasteiger partial charge in [-0.25, -0.2) is 9.37 Å². The van der Waals surface area contributed by atoms with Crippen LogP contribution in [-0.4, -0.2) is 16.1 Å². The van der Waals surface area contributed by atoms with Gasteiger partial charge in [-0.2, -0.15) is 0 Å². The maximum atomic E-state index is 13.6. The Morgan fingerprint density at radius 1 is 1.35 bits per heavy atom. The highest BCUT2D eigenvalue weighted by atomic mass is 19.1. The lowest BCUT2D eigenvalue weighted by atomic mass is 10.0. The van der Waals surface area contributed by atoms with Crippen LogP contribution in [0.5, 0.6) is 5.75 Å². The van der Waals surface area contributed by atoms with Crippen molar-refractivity contribution in [1.82, 2.24) is 4.98 Å². The Morgan fingerprint density at radius 3 is 2.81 bits per heavy atom. The van der Waals surface area contributed by atoms with Crippen LogP contribution in [0.2, 0.25) is 0 Å². The molecule has 1 aromatic heterocycles. The Hall–Kier alpha value is -2.27. The summed E-state index contributed by atoms with van der Waals surface area (Å²) in [4.78, 5) is 15.9. The second kappa shape index (κ2) is 9.43. The molecule has 0 spiro atoms. The smallest absolute Gasteiger partial charge is 0.308 e. The van der Waals surface area contributed by atoms with Gasteiger partial charge in [0.2, 0.25) is 0 Å². The Bertz CT molecular complexity index is 801. The quantitative estimate of drug-likeness (QED) is 0.401. The molecule has 0 aliphatic heterocycles. The number of pyridine rings is 1. The predicted octanol–water partition coefficient (Wildman–Crippen LogP) is 5.17. The van der Waals surface area contributed by atoms with Crippen molar-refractivity contribution in [3.63, 3.8) is 0 Å². The molecule has 0 aliphatic rings. The van der Waals surface area contributed by atoms with Gasteiger partial charge >= 0.3 is 5.97 Å². The molecule has 0 amide bonds. The van der Waals surface area contributed by atoms with Gasteiger partial charge < -0.3 is 9.84 Å². The van der Waals surface area contributed by atoms with Crippen molar-refractivity contribution < 1.29 is 19.0 Å². The molecule has 26 heavy (non-hydrogen) atoms. The number of halogens is 1. The summed E-state index contributed by atoms with van der Waals surface area (Å²) in [5.41, 5.74) is 1.41. The fourth-order valence-electron chi connectivity index (χ4n) is 2.89. The van der Waals surface area contributed by atoms with Gasteiger partial charge in [-0.05, 0) is 38.0 Å². The number of aromatic nitrogens is 1. The molecule has 1 N–H and O–H groups in total. The molecule has 0 fully saturated rings. The third-order valence-corrected chi connectivity index (χ3v) is 4.24. The van der Waals surface area contributed by atoms with Gasteiger partial charge in [0.1, 0.15) is 17.7 Å². The van der Waals surface area contributed by atoms with E-state index in [0.717, 1.165) is 12.8 Å². The van der Waals surface area contributed by atoms with E-state index in [9.17, 15) is 14.3 Å². The first-order valence-corrected chi connectivity index (χ1v) is 9.07. The van der Waals surface area contributed by atoms with E-state index in [2.05, 4.69) is 11.9 Å². The minimum absolute atomic E-state index is 0.243. The Morgan fingerprint density at radius 2 is 2.12 bits per heavy atom. The summed E-state index contributed by atoms with van der Waals surface area (Å²) >= 11 is 0. The standard InChI is InChI=1S/C21H26FNO3/c1-4-5-6-7-8-9-10-19(25)20-14(2)21(26-15(3)24)17-13-16(22)11-12-18(17)23-20/h9-13,19,25H,4-8H2,1-3H3. The van der Waals surface area contributed by atoms with Crippen LogP contribution < -0.4 is 4.74 Å². The van der Waals surface area contributed by atoms with Crippen molar-refractivity contribution in [1.29, 1.82) is 0 Å². The van der Waals surface area contributed by atoms with Crippen LogP contribution >= 0.6 is 0 Å². The highest BCUT2D eigenvalue weighted by molar-refractivity contribution is 5.89. The molecule has 0 radical (unpaired) electrons. The predicted molar refractivity (Wildman–Crippen MR) is 101 cm³/mol. The van der Waals surface area contributed by atoms with E-state index >= 15 is 0 Å². The third-order valence-electron chi connectivity index (χ3n) is 4.24. The number of fused-ring (bicyclic) bond motifs is 1. The number of ether oxygens (including phenoxy) is 1. The lowest BCUT2D eigenvalue weighted by Gasteiger charge is -2.15. The number of rotatable bonds is 8. The van der Waals surface area contributed by atoms with Crippen LogP contribution in [0.25, 0.3) is 10.9 Å². The second-order valence-corrected chi connectivity index (χ2v) is 6.43. The number of unbranched alkanes of at least 4 members (excludes halogenated alkanes) is 4. The number of benzene rings is 1. The van der Waals surface area contributed by atoms with E-state index in [1.165, 1.54) is 44.4 Å². The van der Waals surface area contributed by atoms with E-state index in [4.69, 9.17) is 4.74 Å². The van der Waals surface area contributed by atoms with Crippen molar-refractivity contribution >= 4 is 16.9 Å².